The molecule has 0 aliphatic heterocycles. The number of carbonyl (C=O) groups excluding carboxylic acids is 1. The fourth-order valence-corrected chi connectivity index (χ4v) is 2.66. The summed E-state index contributed by atoms with van der Waals surface area (Å²) in [5, 5.41) is 1.69. The summed E-state index contributed by atoms with van der Waals surface area (Å²) in [5.41, 5.74) is -0.384. The third-order valence-electron chi connectivity index (χ3n) is 3.48. The van der Waals surface area contributed by atoms with Gasteiger partial charge >= 0.3 is 17.9 Å². The first-order valence-corrected chi connectivity index (χ1v) is 7.38. The molecule has 3 heterocycles. The van der Waals surface area contributed by atoms with E-state index in [1.807, 2.05) is 5.32 Å². The summed E-state index contributed by atoms with van der Waals surface area (Å²) in [5.74, 6) is -2.14. The van der Waals surface area contributed by atoms with Crippen molar-refractivity contribution in [2.45, 2.75) is 12.2 Å². The Morgan fingerprint density at radius 3 is 2.68 bits per heavy atom. The summed E-state index contributed by atoms with van der Waals surface area (Å²) >= 11 is 5.85. The number of nitrogens with one attached hydrogen (secondary N) is 3. The van der Waals surface area contributed by atoms with Gasteiger partial charge in [0.2, 0.25) is 22.4 Å². The van der Waals surface area contributed by atoms with Crippen LogP contribution in [0, 0.1) is 5.82 Å². The maximum Gasteiger partial charge on any atom is 0.418 e. The predicted octanol–water partition coefficient (Wildman–Crippen LogP) is 2.39. The number of hydrogen-bond donors (Lipinski definition) is 2. The predicted molar refractivity (Wildman–Crippen MR) is 78.2 cm³/mol. The molecule has 1 atom stereocenters. The highest BCUT2D eigenvalue weighted by atomic mass is 35.5. The first-order chi connectivity index (χ1) is 11.8. The zero-order valence-corrected chi connectivity index (χ0v) is 13.1. The molecule has 1 amide bonds. The first kappa shape index (κ1) is 17.2. The normalized spacial score (nSPS) is 13.0. The highest BCUT2D eigenvalue weighted by Gasteiger charge is 2.46. The van der Waals surface area contributed by atoms with Crippen molar-refractivity contribution in [2.24, 2.45) is 0 Å². The summed E-state index contributed by atoms with van der Waals surface area (Å²) in [7, 11) is 0. The van der Waals surface area contributed by atoms with E-state index >= 15 is 0 Å². The second-order valence-electron chi connectivity index (χ2n) is 5.13. The van der Waals surface area contributed by atoms with Crippen molar-refractivity contribution in [3.8, 4) is 0 Å². The van der Waals surface area contributed by atoms with Crippen LogP contribution in [0.15, 0.2) is 42.7 Å². The van der Waals surface area contributed by atoms with Gasteiger partial charge in [-0.05, 0) is 23.7 Å². The molecule has 0 fully saturated rings. The number of aromatic amines is 2. The second-order valence-corrected chi connectivity index (χ2v) is 5.51. The average molecular weight is 375 g/mol. The number of H-pyrrole nitrogens is 2. The molecular weight excluding hydrogens is 364 g/mol. The lowest BCUT2D eigenvalue weighted by Gasteiger charge is -2.16. The van der Waals surface area contributed by atoms with Gasteiger partial charge in [-0.2, -0.15) is 17.6 Å². The molecule has 5 nitrogen and oxygen atoms in total. The first-order valence-electron chi connectivity index (χ1n) is 7.00. The minimum Gasteiger partial charge on any atom is -0.325 e. The molecule has 0 saturated heterocycles. The summed E-state index contributed by atoms with van der Waals surface area (Å²) in [4.78, 5) is 17.2. The van der Waals surface area contributed by atoms with Crippen molar-refractivity contribution in [1.82, 2.24) is 10.3 Å². The van der Waals surface area contributed by atoms with E-state index in [1.54, 1.807) is 0 Å². The second kappa shape index (κ2) is 6.32. The third-order valence-corrected chi connectivity index (χ3v) is 3.76. The Morgan fingerprint density at radius 2 is 2.04 bits per heavy atom. The number of nitrogens with zero attached hydrogens (tertiary/aromatic N) is 1. The van der Waals surface area contributed by atoms with Gasteiger partial charge in [0.1, 0.15) is 0 Å². The molecule has 130 valence electrons. The van der Waals surface area contributed by atoms with E-state index in [0.717, 1.165) is 10.5 Å². The number of rotatable bonds is 3. The summed E-state index contributed by atoms with van der Waals surface area (Å²) < 4.78 is 54.8. The molecule has 3 rings (SSSR count). The molecule has 0 radical (unpaired) electrons. The molecule has 3 aromatic rings. The Bertz CT molecular complexity index is 926. The fourth-order valence-electron chi connectivity index (χ4n) is 2.39. The van der Waals surface area contributed by atoms with Crippen LogP contribution >= 0.6 is 11.6 Å². The van der Waals surface area contributed by atoms with E-state index in [0.29, 0.717) is 0 Å². The molecule has 0 saturated carbocycles. The van der Waals surface area contributed by atoms with Gasteiger partial charge in [-0.25, -0.2) is 14.4 Å². The standard InChI is InChI=1S/C15H9ClF4N4O/c16-12-10-8(17)4-3-7-24(10)13(23-12)14(25)22-11(15(18,19)20)9-5-1-2-6-21-9/h1-7,11H,(H,22,25)/p+2. The Balaban J connectivity index is 2.00. The summed E-state index contributed by atoms with van der Waals surface area (Å²) in [6, 6.07) is 4.26. The van der Waals surface area contributed by atoms with Crippen molar-refractivity contribution in [3.05, 3.63) is 65.2 Å². The zero-order valence-electron chi connectivity index (χ0n) is 12.4. The lowest BCUT2D eigenvalue weighted by atomic mass is 10.1. The lowest BCUT2D eigenvalue weighted by Crippen LogP contribution is -2.44. The van der Waals surface area contributed by atoms with Gasteiger partial charge in [0.15, 0.2) is 12.0 Å². The van der Waals surface area contributed by atoms with E-state index < -0.39 is 23.9 Å². The topological polar surface area (TPSA) is 63.1 Å². The maximum absolute atomic E-state index is 13.8. The number of pyridine rings is 2. The number of halogens is 5. The van der Waals surface area contributed by atoms with Gasteiger partial charge in [0.25, 0.3) is 0 Å². The van der Waals surface area contributed by atoms with Crippen LogP contribution in [-0.2, 0) is 0 Å². The number of fused-ring (bicyclic) bond motifs is 1. The van der Waals surface area contributed by atoms with Crippen molar-refractivity contribution in [1.29, 1.82) is 0 Å². The molecule has 0 spiro atoms. The minimum absolute atomic E-state index is 0.135. The van der Waals surface area contributed by atoms with Gasteiger partial charge in [-0.15, -0.1) is 0 Å². The van der Waals surface area contributed by atoms with Crippen molar-refractivity contribution < 1.29 is 31.7 Å². The minimum atomic E-state index is -4.74. The SMILES string of the molecule is O=C(NC(c1cccc[nH+]1)C(F)(F)F)c1[nH]c(Cl)c2c(F)ccc[n+]12. The Labute approximate surface area is 143 Å². The van der Waals surface area contributed by atoms with Gasteiger partial charge in [0, 0.05) is 12.1 Å². The molecule has 0 aliphatic carbocycles. The molecule has 0 aliphatic rings. The Hall–Kier alpha value is -2.68. The highest BCUT2D eigenvalue weighted by Crippen LogP contribution is 2.30. The molecule has 0 aromatic carbocycles. The van der Waals surface area contributed by atoms with Crippen LogP contribution in [0.25, 0.3) is 5.52 Å². The summed E-state index contributed by atoms with van der Waals surface area (Å²) in [6.45, 7) is 0. The molecule has 10 heteroatoms. The van der Waals surface area contributed by atoms with Crippen LogP contribution in [0.3, 0.4) is 0 Å². The van der Waals surface area contributed by atoms with Crippen molar-refractivity contribution in [3.63, 3.8) is 0 Å². The molecule has 3 N–H and O–H groups in total. The smallest absolute Gasteiger partial charge is 0.325 e. The van der Waals surface area contributed by atoms with Crippen LogP contribution in [0.5, 0.6) is 0 Å². The number of hydrogen-bond acceptors (Lipinski definition) is 1. The van der Waals surface area contributed by atoms with E-state index in [9.17, 15) is 22.4 Å². The van der Waals surface area contributed by atoms with Crippen LogP contribution in [0.1, 0.15) is 22.4 Å². The van der Waals surface area contributed by atoms with Gasteiger partial charge in [0.05, 0.1) is 6.20 Å². The lowest BCUT2D eigenvalue weighted by molar-refractivity contribution is -0.515. The number of carbonyl (C=O) groups is 1. The Morgan fingerprint density at radius 1 is 1.28 bits per heavy atom. The third kappa shape index (κ3) is 3.27. The van der Waals surface area contributed by atoms with Crippen LogP contribution in [0.4, 0.5) is 17.6 Å². The van der Waals surface area contributed by atoms with Crippen molar-refractivity contribution in [2.75, 3.05) is 0 Å². The van der Waals surface area contributed by atoms with E-state index in [1.165, 1.54) is 36.7 Å². The zero-order chi connectivity index (χ0) is 18.2. The quantitative estimate of drug-likeness (QED) is 0.536. The largest absolute Gasteiger partial charge is 0.418 e. The number of amides is 1. The van der Waals surface area contributed by atoms with Crippen LogP contribution in [0.2, 0.25) is 5.15 Å². The van der Waals surface area contributed by atoms with Crippen LogP contribution in [-0.4, -0.2) is 17.1 Å². The van der Waals surface area contributed by atoms with Crippen molar-refractivity contribution >= 4 is 23.0 Å². The molecular formula is C15H11ClF4N4O+2. The Kier molecular flexibility index (Phi) is 4.34. The number of imidazole rings is 1. The van der Waals surface area contributed by atoms with E-state index in [4.69, 9.17) is 11.6 Å². The summed E-state index contributed by atoms with van der Waals surface area (Å²) in [6.07, 6.45) is -2.12. The van der Waals surface area contributed by atoms with Gasteiger partial charge < -0.3 is 5.32 Å². The van der Waals surface area contributed by atoms with Gasteiger partial charge in [-0.1, -0.05) is 6.07 Å². The van der Waals surface area contributed by atoms with E-state index in [-0.39, 0.29) is 22.2 Å². The molecule has 3 aromatic heterocycles. The molecule has 25 heavy (non-hydrogen) atoms. The molecule has 1 unspecified atom stereocenters. The van der Waals surface area contributed by atoms with E-state index in [2.05, 4.69) is 9.97 Å². The number of alkyl halides is 3. The highest BCUT2D eigenvalue weighted by molar-refractivity contribution is 6.32. The van der Waals surface area contributed by atoms with Gasteiger partial charge in [-0.3, -0.25) is 4.79 Å². The molecule has 0 bridgehead atoms. The monoisotopic (exact) mass is 374 g/mol. The number of aromatic nitrogens is 3. The van der Waals surface area contributed by atoms with Crippen LogP contribution < -0.4 is 14.7 Å². The average Bonchev–Trinajstić information content (AvgIpc) is 2.90. The fraction of sp³-hybridized carbons (Fsp3) is 0.133. The maximum atomic E-state index is 13.8.